The molecule has 0 aliphatic carbocycles. The van der Waals surface area contributed by atoms with Crippen LogP contribution in [0.1, 0.15) is 24.0 Å². The number of carbonyl (C=O) groups excluding carboxylic acids is 1. The number of aryl methyl sites for hydroxylation is 2. The molecule has 0 radical (unpaired) electrons. The van der Waals surface area contributed by atoms with Crippen LogP contribution in [0.3, 0.4) is 0 Å². The third-order valence-electron chi connectivity index (χ3n) is 2.96. The van der Waals surface area contributed by atoms with Crippen LogP contribution in [0.15, 0.2) is 12.1 Å². The van der Waals surface area contributed by atoms with E-state index in [0.717, 1.165) is 22.6 Å². The van der Waals surface area contributed by atoms with E-state index in [0.29, 0.717) is 0 Å². The highest BCUT2D eigenvalue weighted by molar-refractivity contribution is 5.94. The number of aliphatic carboxylic acids is 1. The highest BCUT2D eigenvalue weighted by Gasteiger charge is 2.15. The Morgan fingerprint density at radius 3 is 2.16 bits per heavy atom. The van der Waals surface area contributed by atoms with Gasteiger partial charge in [-0.05, 0) is 37.1 Å². The average molecular weight is 265 g/mol. The summed E-state index contributed by atoms with van der Waals surface area (Å²) >= 11 is 0. The Hall–Kier alpha value is -2.04. The van der Waals surface area contributed by atoms with Crippen LogP contribution in [0.2, 0.25) is 0 Å². The van der Waals surface area contributed by atoms with Gasteiger partial charge in [0.1, 0.15) is 5.75 Å². The largest absolute Gasteiger partial charge is 0.496 e. The molecule has 1 amide bonds. The second-order valence-corrected chi connectivity index (χ2v) is 4.46. The third kappa shape index (κ3) is 3.71. The summed E-state index contributed by atoms with van der Waals surface area (Å²) in [5, 5.41) is 8.58. The van der Waals surface area contributed by atoms with E-state index in [2.05, 4.69) is 0 Å². The number of methoxy groups -OCH3 is 1. The first kappa shape index (κ1) is 15.0. The number of hydrogen-bond acceptors (Lipinski definition) is 3. The van der Waals surface area contributed by atoms with Gasteiger partial charge in [-0.1, -0.05) is 0 Å². The number of ether oxygens (including phenoxy) is 1. The van der Waals surface area contributed by atoms with E-state index in [-0.39, 0.29) is 18.7 Å². The van der Waals surface area contributed by atoms with Gasteiger partial charge >= 0.3 is 5.97 Å². The van der Waals surface area contributed by atoms with Gasteiger partial charge in [0, 0.05) is 19.2 Å². The van der Waals surface area contributed by atoms with Crippen LogP contribution in [-0.4, -0.2) is 31.1 Å². The van der Waals surface area contributed by atoms with Crippen molar-refractivity contribution in [2.24, 2.45) is 0 Å². The number of anilines is 1. The van der Waals surface area contributed by atoms with Crippen molar-refractivity contribution in [1.82, 2.24) is 0 Å². The van der Waals surface area contributed by atoms with E-state index in [1.54, 1.807) is 14.2 Å². The van der Waals surface area contributed by atoms with Crippen molar-refractivity contribution in [3.8, 4) is 5.75 Å². The second-order valence-electron chi connectivity index (χ2n) is 4.46. The molecule has 0 aliphatic heterocycles. The lowest BCUT2D eigenvalue weighted by Gasteiger charge is -2.20. The van der Waals surface area contributed by atoms with Gasteiger partial charge in [0.05, 0.1) is 13.5 Å². The van der Waals surface area contributed by atoms with E-state index < -0.39 is 5.97 Å². The summed E-state index contributed by atoms with van der Waals surface area (Å²) in [4.78, 5) is 23.8. The zero-order chi connectivity index (χ0) is 14.6. The minimum atomic E-state index is -0.969. The monoisotopic (exact) mass is 265 g/mol. The summed E-state index contributed by atoms with van der Waals surface area (Å²) in [6, 6.07) is 3.70. The molecule has 0 spiro atoms. The van der Waals surface area contributed by atoms with Crippen LogP contribution >= 0.6 is 0 Å². The van der Waals surface area contributed by atoms with Crippen LogP contribution in [0.4, 0.5) is 5.69 Å². The van der Waals surface area contributed by atoms with Crippen molar-refractivity contribution in [1.29, 1.82) is 0 Å². The summed E-state index contributed by atoms with van der Waals surface area (Å²) in [6.07, 6.45) is -0.159. The first-order valence-electron chi connectivity index (χ1n) is 6.00. The average Bonchev–Trinajstić information content (AvgIpc) is 2.34. The molecule has 0 bridgehead atoms. The van der Waals surface area contributed by atoms with Gasteiger partial charge in [0.25, 0.3) is 0 Å². The van der Waals surface area contributed by atoms with Gasteiger partial charge in [-0.3, -0.25) is 9.59 Å². The number of hydrogen-bond donors (Lipinski definition) is 1. The Bertz CT molecular complexity index is 473. The van der Waals surface area contributed by atoms with E-state index in [9.17, 15) is 9.59 Å². The molecule has 5 heteroatoms. The predicted molar refractivity (Wildman–Crippen MR) is 72.7 cm³/mol. The number of rotatable bonds is 5. The van der Waals surface area contributed by atoms with E-state index in [4.69, 9.17) is 9.84 Å². The first-order chi connectivity index (χ1) is 8.86. The maximum atomic E-state index is 11.9. The summed E-state index contributed by atoms with van der Waals surface area (Å²) in [5.74, 6) is -0.384. The van der Waals surface area contributed by atoms with Gasteiger partial charge in [-0.2, -0.15) is 0 Å². The van der Waals surface area contributed by atoms with Crippen LogP contribution < -0.4 is 9.64 Å². The summed E-state index contributed by atoms with van der Waals surface area (Å²) in [5.41, 5.74) is 2.62. The normalized spacial score (nSPS) is 10.1. The molecule has 0 fully saturated rings. The van der Waals surface area contributed by atoms with Gasteiger partial charge in [-0.15, -0.1) is 0 Å². The van der Waals surface area contributed by atoms with Gasteiger partial charge in [0.2, 0.25) is 5.91 Å². The maximum absolute atomic E-state index is 11.9. The van der Waals surface area contributed by atoms with Crippen LogP contribution in [0.25, 0.3) is 0 Å². The Kier molecular flexibility index (Phi) is 4.92. The van der Waals surface area contributed by atoms with Crippen LogP contribution in [0, 0.1) is 13.8 Å². The number of carboxylic acids is 1. The molecule has 0 saturated heterocycles. The summed E-state index contributed by atoms with van der Waals surface area (Å²) < 4.78 is 5.27. The highest BCUT2D eigenvalue weighted by Crippen LogP contribution is 2.28. The van der Waals surface area contributed by atoms with Crippen molar-refractivity contribution >= 4 is 17.6 Å². The number of carboxylic acid groups (broad SMARTS) is 1. The predicted octanol–water partition coefficient (Wildman–Crippen LogP) is 2.14. The molecule has 104 valence electrons. The topological polar surface area (TPSA) is 66.8 Å². The smallest absolute Gasteiger partial charge is 0.303 e. The number of nitrogens with zero attached hydrogens (tertiary/aromatic N) is 1. The Morgan fingerprint density at radius 2 is 1.74 bits per heavy atom. The molecular weight excluding hydrogens is 246 g/mol. The van der Waals surface area contributed by atoms with Gasteiger partial charge in [-0.25, -0.2) is 0 Å². The molecular formula is C14H19NO4. The van der Waals surface area contributed by atoms with Gasteiger partial charge < -0.3 is 14.7 Å². The number of carbonyl (C=O) groups is 2. The van der Waals surface area contributed by atoms with Crippen molar-refractivity contribution < 1.29 is 19.4 Å². The lowest BCUT2D eigenvalue weighted by atomic mass is 10.1. The SMILES string of the molecule is COc1c(C)cc(N(C)C(=O)CCC(=O)O)cc1C. The Morgan fingerprint density at radius 1 is 1.21 bits per heavy atom. The fourth-order valence-corrected chi connectivity index (χ4v) is 1.97. The molecule has 0 saturated carbocycles. The van der Waals surface area contributed by atoms with Crippen molar-refractivity contribution in [3.63, 3.8) is 0 Å². The van der Waals surface area contributed by atoms with Crippen LogP contribution in [-0.2, 0) is 9.59 Å². The maximum Gasteiger partial charge on any atom is 0.303 e. The zero-order valence-electron chi connectivity index (χ0n) is 11.7. The summed E-state index contributed by atoms with van der Waals surface area (Å²) in [7, 11) is 3.25. The van der Waals surface area contributed by atoms with E-state index in [1.807, 2.05) is 26.0 Å². The fourth-order valence-electron chi connectivity index (χ4n) is 1.97. The molecule has 1 aromatic carbocycles. The van der Waals surface area contributed by atoms with Crippen LogP contribution in [0.5, 0.6) is 5.75 Å². The molecule has 19 heavy (non-hydrogen) atoms. The molecule has 0 aromatic heterocycles. The molecule has 1 N–H and O–H groups in total. The first-order valence-corrected chi connectivity index (χ1v) is 6.00. The van der Waals surface area contributed by atoms with Crippen molar-refractivity contribution in [2.45, 2.75) is 26.7 Å². The lowest BCUT2D eigenvalue weighted by molar-refractivity contribution is -0.138. The van der Waals surface area contributed by atoms with E-state index >= 15 is 0 Å². The fraction of sp³-hybridized carbons (Fsp3) is 0.429. The molecule has 0 atom stereocenters. The standard InChI is InChI=1S/C14H19NO4/c1-9-7-11(8-10(2)14(9)19-4)15(3)12(16)5-6-13(17)18/h7-8H,5-6H2,1-4H3,(H,17,18). The van der Waals surface area contributed by atoms with Gasteiger partial charge in [0.15, 0.2) is 0 Å². The Balaban J connectivity index is 2.91. The minimum absolute atomic E-state index is 0.00401. The quantitative estimate of drug-likeness (QED) is 0.885. The van der Waals surface area contributed by atoms with Crippen molar-refractivity contribution in [2.75, 3.05) is 19.1 Å². The highest BCUT2D eigenvalue weighted by atomic mass is 16.5. The third-order valence-corrected chi connectivity index (χ3v) is 2.96. The molecule has 0 heterocycles. The lowest BCUT2D eigenvalue weighted by Crippen LogP contribution is -2.26. The van der Waals surface area contributed by atoms with E-state index in [1.165, 1.54) is 4.90 Å². The number of amides is 1. The molecule has 1 aromatic rings. The summed E-state index contributed by atoms with van der Waals surface area (Å²) in [6.45, 7) is 3.82. The molecule has 1 rings (SSSR count). The number of benzene rings is 1. The Labute approximate surface area is 112 Å². The van der Waals surface area contributed by atoms with Crippen molar-refractivity contribution in [3.05, 3.63) is 23.3 Å². The zero-order valence-corrected chi connectivity index (χ0v) is 11.7. The molecule has 5 nitrogen and oxygen atoms in total. The second kappa shape index (κ2) is 6.22. The minimum Gasteiger partial charge on any atom is -0.496 e. The molecule has 0 aliphatic rings. The molecule has 0 unspecified atom stereocenters.